The minimum atomic E-state index is -0.297. The van der Waals surface area contributed by atoms with E-state index in [9.17, 15) is 4.79 Å². The zero-order valence-corrected chi connectivity index (χ0v) is 9.19. The van der Waals surface area contributed by atoms with Gasteiger partial charge in [0.25, 0.3) is 0 Å². The number of nitrogens with one attached hydrogen (secondary N) is 2. The van der Waals surface area contributed by atoms with Crippen LogP contribution in [0.15, 0.2) is 22.8 Å². The highest BCUT2D eigenvalue weighted by molar-refractivity contribution is 5.73. The maximum absolute atomic E-state index is 11.2. The predicted molar refractivity (Wildman–Crippen MR) is 56.8 cm³/mol. The summed E-state index contributed by atoms with van der Waals surface area (Å²) in [5, 5.41) is 5.16. The van der Waals surface area contributed by atoms with Crippen molar-refractivity contribution in [2.75, 3.05) is 27.1 Å². The second kappa shape index (κ2) is 7.72. The van der Waals surface area contributed by atoms with E-state index in [0.717, 1.165) is 0 Å². The topological polar surface area (TPSA) is 72.7 Å². The molecule has 1 heterocycles. The molecule has 2 amide bonds. The van der Waals surface area contributed by atoms with E-state index in [0.29, 0.717) is 25.5 Å². The van der Waals surface area contributed by atoms with Gasteiger partial charge in [-0.25, -0.2) is 4.79 Å². The zero-order valence-electron chi connectivity index (χ0n) is 9.19. The first-order chi connectivity index (χ1) is 7.83. The van der Waals surface area contributed by atoms with E-state index in [1.807, 2.05) is 0 Å². The molecule has 0 saturated heterocycles. The molecule has 0 aliphatic rings. The molecule has 0 unspecified atom stereocenters. The Bertz CT molecular complexity index is 287. The molecule has 0 radical (unpaired) electrons. The summed E-state index contributed by atoms with van der Waals surface area (Å²) in [4.78, 5) is 11.2. The van der Waals surface area contributed by atoms with E-state index in [-0.39, 0.29) is 12.8 Å². The molecule has 0 saturated carbocycles. The first-order valence-corrected chi connectivity index (χ1v) is 4.93. The van der Waals surface area contributed by atoms with E-state index < -0.39 is 0 Å². The third-order valence-electron chi connectivity index (χ3n) is 1.77. The van der Waals surface area contributed by atoms with Crippen LogP contribution in [0.5, 0.6) is 0 Å². The van der Waals surface area contributed by atoms with Gasteiger partial charge in [-0.2, -0.15) is 0 Å². The highest BCUT2D eigenvalue weighted by atomic mass is 16.5. The summed E-state index contributed by atoms with van der Waals surface area (Å²) in [6.07, 6.45) is 1.56. The van der Waals surface area contributed by atoms with Crippen LogP contribution < -0.4 is 10.6 Å². The summed E-state index contributed by atoms with van der Waals surface area (Å²) in [5.41, 5.74) is 0. The van der Waals surface area contributed by atoms with E-state index in [1.54, 1.807) is 25.5 Å². The minimum Gasteiger partial charge on any atom is -0.467 e. The maximum Gasteiger partial charge on any atom is 0.316 e. The van der Waals surface area contributed by atoms with Crippen LogP contribution in [0.1, 0.15) is 5.76 Å². The van der Waals surface area contributed by atoms with E-state index in [2.05, 4.69) is 10.6 Å². The summed E-state index contributed by atoms with van der Waals surface area (Å²) in [5.74, 6) is 0.704. The van der Waals surface area contributed by atoms with Gasteiger partial charge in [0, 0.05) is 7.11 Å². The van der Waals surface area contributed by atoms with Crippen molar-refractivity contribution in [2.45, 2.75) is 6.54 Å². The zero-order chi connectivity index (χ0) is 11.6. The molecule has 0 aromatic carbocycles. The smallest absolute Gasteiger partial charge is 0.316 e. The summed E-state index contributed by atoms with van der Waals surface area (Å²) in [7, 11) is 1.59. The van der Waals surface area contributed by atoms with Crippen LogP contribution in [-0.2, 0) is 16.0 Å². The quantitative estimate of drug-likeness (QED) is 0.532. The third kappa shape index (κ3) is 5.38. The van der Waals surface area contributed by atoms with Gasteiger partial charge in [0.1, 0.15) is 12.5 Å². The molecular weight excluding hydrogens is 212 g/mol. The molecule has 2 N–H and O–H groups in total. The van der Waals surface area contributed by atoms with E-state index >= 15 is 0 Å². The molecule has 0 aliphatic carbocycles. The predicted octanol–water partition coefficient (Wildman–Crippen LogP) is 0.699. The SMILES string of the molecule is COCCOCNC(=O)NCc1ccco1. The number of furan rings is 1. The molecule has 16 heavy (non-hydrogen) atoms. The number of urea groups is 1. The Morgan fingerprint density at radius 3 is 3.00 bits per heavy atom. The first-order valence-electron chi connectivity index (χ1n) is 4.93. The molecule has 1 aromatic heterocycles. The largest absolute Gasteiger partial charge is 0.467 e. The lowest BCUT2D eigenvalue weighted by Gasteiger charge is -2.06. The molecule has 0 aliphatic heterocycles. The lowest BCUT2D eigenvalue weighted by molar-refractivity contribution is 0.0642. The highest BCUT2D eigenvalue weighted by Gasteiger charge is 2.00. The average Bonchev–Trinajstić information content (AvgIpc) is 2.79. The van der Waals surface area contributed by atoms with Crippen molar-refractivity contribution in [3.8, 4) is 0 Å². The van der Waals surface area contributed by atoms with Gasteiger partial charge in [0.05, 0.1) is 26.0 Å². The van der Waals surface area contributed by atoms with Gasteiger partial charge in [0.15, 0.2) is 0 Å². The Kier molecular flexibility index (Phi) is 6.05. The number of carbonyl (C=O) groups is 1. The molecule has 0 atom stereocenters. The van der Waals surface area contributed by atoms with Gasteiger partial charge < -0.3 is 24.5 Å². The van der Waals surface area contributed by atoms with Gasteiger partial charge in [-0.3, -0.25) is 0 Å². The van der Waals surface area contributed by atoms with Gasteiger partial charge in [-0.1, -0.05) is 0 Å². The summed E-state index contributed by atoms with van der Waals surface area (Å²) in [6.45, 7) is 1.48. The summed E-state index contributed by atoms with van der Waals surface area (Å²) in [6, 6.07) is 3.26. The fraction of sp³-hybridized carbons (Fsp3) is 0.500. The Labute approximate surface area is 93.9 Å². The van der Waals surface area contributed by atoms with Crippen molar-refractivity contribution in [2.24, 2.45) is 0 Å². The molecule has 1 rings (SSSR count). The monoisotopic (exact) mass is 228 g/mol. The Morgan fingerprint density at radius 1 is 1.44 bits per heavy atom. The fourth-order valence-corrected chi connectivity index (χ4v) is 0.974. The number of rotatable bonds is 7. The fourth-order valence-electron chi connectivity index (χ4n) is 0.974. The van der Waals surface area contributed by atoms with Gasteiger partial charge in [-0.15, -0.1) is 0 Å². The summed E-state index contributed by atoms with van der Waals surface area (Å²) >= 11 is 0. The van der Waals surface area contributed by atoms with Crippen molar-refractivity contribution in [3.05, 3.63) is 24.2 Å². The van der Waals surface area contributed by atoms with Crippen LogP contribution in [0.2, 0.25) is 0 Å². The first kappa shape index (κ1) is 12.5. The van der Waals surface area contributed by atoms with Crippen LogP contribution in [-0.4, -0.2) is 33.1 Å². The van der Waals surface area contributed by atoms with Crippen molar-refractivity contribution in [1.82, 2.24) is 10.6 Å². The van der Waals surface area contributed by atoms with Crippen molar-refractivity contribution in [3.63, 3.8) is 0 Å². The minimum absolute atomic E-state index is 0.160. The summed E-state index contributed by atoms with van der Waals surface area (Å²) < 4.78 is 14.9. The normalized spacial score (nSPS) is 10.1. The maximum atomic E-state index is 11.2. The number of hydrogen-bond donors (Lipinski definition) is 2. The average molecular weight is 228 g/mol. The number of methoxy groups -OCH3 is 1. The molecule has 6 heteroatoms. The second-order valence-electron chi connectivity index (χ2n) is 2.98. The van der Waals surface area contributed by atoms with Crippen LogP contribution in [0.25, 0.3) is 0 Å². The van der Waals surface area contributed by atoms with E-state index in [1.165, 1.54) is 0 Å². The van der Waals surface area contributed by atoms with Crippen LogP contribution in [0.3, 0.4) is 0 Å². The second-order valence-corrected chi connectivity index (χ2v) is 2.98. The Morgan fingerprint density at radius 2 is 2.31 bits per heavy atom. The van der Waals surface area contributed by atoms with Crippen molar-refractivity contribution < 1.29 is 18.7 Å². The van der Waals surface area contributed by atoms with Crippen LogP contribution in [0, 0.1) is 0 Å². The lowest BCUT2D eigenvalue weighted by Crippen LogP contribution is -2.36. The highest BCUT2D eigenvalue weighted by Crippen LogP contribution is 1.97. The van der Waals surface area contributed by atoms with Crippen LogP contribution in [0.4, 0.5) is 4.79 Å². The number of carbonyl (C=O) groups excluding carboxylic acids is 1. The van der Waals surface area contributed by atoms with Gasteiger partial charge >= 0.3 is 6.03 Å². The molecular formula is C10H16N2O4. The standard InChI is InChI=1S/C10H16N2O4/c1-14-5-6-15-8-12-10(13)11-7-9-3-2-4-16-9/h2-4H,5-8H2,1H3,(H2,11,12,13). The molecule has 0 bridgehead atoms. The van der Waals surface area contributed by atoms with Gasteiger partial charge in [-0.05, 0) is 12.1 Å². The van der Waals surface area contributed by atoms with Crippen molar-refractivity contribution >= 4 is 6.03 Å². The molecule has 90 valence electrons. The lowest BCUT2D eigenvalue weighted by atomic mass is 10.4. The Hall–Kier alpha value is -1.53. The van der Waals surface area contributed by atoms with Gasteiger partial charge in [0.2, 0.25) is 0 Å². The van der Waals surface area contributed by atoms with Crippen molar-refractivity contribution in [1.29, 1.82) is 0 Å². The van der Waals surface area contributed by atoms with Crippen LogP contribution >= 0.6 is 0 Å². The molecule has 0 fully saturated rings. The molecule has 1 aromatic rings. The number of ether oxygens (including phenoxy) is 2. The molecule has 0 spiro atoms. The number of hydrogen-bond acceptors (Lipinski definition) is 4. The third-order valence-corrected chi connectivity index (χ3v) is 1.77. The molecule has 6 nitrogen and oxygen atoms in total. The van der Waals surface area contributed by atoms with E-state index in [4.69, 9.17) is 13.9 Å². The Balaban J connectivity index is 1.99. The number of amides is 2.